The largest absolute Gasteiger partial charge is 0.496 e. The summed E-state index contributed by atoms with van der Waals surface area (Å²) in [5.41, 5.74) is 1.02. The lowest BCUT2D eigenvalue weighted by molar-refractivity contribution is -0.124. The van der Waals surface area contributed by atoms with Gasteiger partial charge in [-0.25, -0.2) is 13.2 Å². The molecule has 0 spiro atoms. The van der Waals surface area contributed by atoms with Gasteiger partial charge in [-0.1, -0.05) is 54.1 Å². The van der Waals surface area contributed by atoms with Crippen molar-refractivity contribution < 1.29 is 27.5 Å². The van der Waals surface area contributed by atoms with E-state index in [1.807, 2.05) is 12.1 Å². The number of rotatable bonds is 11. The number of carbonyl (C=O) groups excluding carboxylic acids is 2. The van der Waals surface area contributed by atoms with E-state index in [0.29, 0.717) is 5.75 Å². The molecule has 0 atom stereocenters. The quantitative estimate of drug-likeness (QED) is 0.295. The number of para-hydroxylation sites is 2. The van der Waals surface area contributed by atoms with E-state index in [0.717, 1.165) is 9.87 Å². The number of benzene rings is 3. The van der Waals surface area contributed by atoms with Crippen LogP contribution in [0.15, 0.2) is 90.3 Å². The Labute approximate surface area is 215 Å². The Bertz CT molecular complexity index is 1360. The molecule has 3 rings (SSSR count). The Morgan fingerprint density at radius 2 is 1.78 bits per heavy atom. The highest BCUT2D eigenvalue weighted by Crippen LogP contribution is 2.30. The Hall–Kier alpha value is -3.82. The second-order valence-electron chi connectivity index (χ2n) is 7.47. The lowest BCUT2D eigenvalue weighted by Gasteiger charge is -2.24. The summed E-state index contributed by atoms with van der Waals surface area (Å²) in [5, 5.41) is 2.90. The number of hydrogen-bond acceptors (Lipinski definition) is 6. The Kier molecular flexibility index (Phi) is 9.10. The summed E-state index contributed by atoms with van der Waals surface area (Å²) in [5.74, 6) is -0.739. The highest BCUT2D eigenvalue weighted by atomic mass is 35.5. The Balaban J connectivity index is 1.70. The minimum atomic E-state index is -4.09. The van der Waals surface area contributed by atoms with Crippen LogP contribution >= 0.6 is 11.6 Å². The molecule has 188 valence electrons. The molecule has 0 heterocycles. The zero-order valence-corrected chi connectivity index (χ0v) is 21.1. The molecule has 3 aromatic rings. The van der Waals surface area contributed by atoms with Gasteiger partial charge >= 0.3 is 5.97 Å². The second kappa shape index (κ2) is 12.2. The monoisotopic (exact) mass is 528 g/mol. The minimum absolute atomic E-state index is 0.0219. The fourth-order valence-corrected chi connectivity index (χ4v) is 5.10. The second-order valence-corrected chi connectivity index (χ2v) is 9.74. The summed E-state index contributed by atoms with van der Waals surface area (Å²) in [7, 11) is -2.56. The van der Waals surface area contributed by atoms with Crippen molar-refractivity contribution in [3.8, 4) is 5.75 Å². The smallest absolute Gasteiger partial charge is 0.338 e. The van der Waals surface area contributed by atoms with E-state index in [9.17, 15) is 18.0 Å². The molecule has 0 bridgehead atoms. The molecule has 0 saturated heterocycles. The molecule has 0 aromatic heterocycles. The van der Waals surface area contributed by atoms with Gasteiger partial charge in [-0.15, -0.1) is 6.58 Å². The van der Waals surface area contributed by atoms with Gasteiger partial charge in [0.05, 0.1) is 34.8 Å². The summed E-state index contributed by atoms with van der Waals surface area (Å²) >= 11 is 6.22. The van der Waals surface area contributed by atoms with Gasteiger partial charge in [-0.3, -0.25) is 9.10 Å². The molecule has 0 aliphatic rings. The first-order valence-electron chi connectivity index (χ1n) is 10.8. The van der Waals surface area contributed by atoms with Crippen molar-refractivity contribution in [2.45, 2.75) is 11.4 Å². The van der Waals surface area contributed by atoms with Crippen LogP contribution in [0.3, 0.4) is 0 Å². The van der Waals surface area contributed by atoms with Gasteiger partial charge < -0.3 is 14.8 Å². The number of sulfonamides is 1. The molecule has 1 N–H and O–H groups in total. The molecule has 0 unspecified atom stereocenters. The van der Waals surface area contributed by atoms with E-state index in [2.05, 4.69) is 11.9 Å². The molecule has 0 aliphatic carbocycles. The first-order chi connectivity index (χ1) is 17.3. The predicted octanol–water partition coefficient (Wildman–Crippen LogP) is 4.20. The van der Waals surface area contributed by atoms with Crippen LogP contribution in [0.5, 0.6) is 5.75 Å². The summed E-state index contributed by atoms with van der Waals surface area (Å²) < 4.78 is 38.2. The molecule has 10 heteroatoms. The van der Waals surface area contributed by atoms with E-state index in [4.69, 9.17) is 21.1 Å². The average molecular weight is 529 g/mol. The van der Waals surface area contributed by atoms with Crippen molar-refractivity contribution in [3.63, 3.8) is 0 Å². The number of halogens is 1. The van der Waals surface area contributed by atoms with Crippen LogP contribution in [0.1, 0.15) is 15.9 Å². The fraction of sp³-hybridized carbons (Fsp3) is 0.154. The van der Waals surface area contributed by atoms with Crippen LogP contribution in [-0.4, -0.2) is 40.6 Å². The van der Waals surface area contributed by atoms with Crippen molar-refractivity contribution in [3.05, 3.63) is 102 Å². The van der Waals surface area contributed by atoms with Crippen LogP contribution in [0.25, 0.3) is 0 Å². The van der Waals surface area contributed by atoms with Crippen LogP contribution in [0.4, 0.5) is 5.69 Å². The summed E-state index contributed by atoms with van der Waals surface area (Å²) in [6.07, 6.45) is 1.43. The van der Waals surface area contributed by atoms with Crippen molar-refractivity contribution in [2.24, 2.45) is 0 Å². The van der Waals surface area contributed by atoms with Crippen LogP contribution in [0, 0.1) is 0 Å². The summed E-state index contributed by atoms with van der Waals surface area (Å²) in [6, 6.07) is 19.1. The van der Waals surface area contributed by atoms with Crippen molar-refractivity contribution in [1.82, 2.24) is 5.32 Å². The molecule has 0 radical (unpaired) electrons. The first kappa shape index (κ1) is 26.8. The van der Waals surface area contributed by atoms with Gasteiger partial charge in [0.1, 0.15) is 5.75 Å². The lowest BCUT2D eigenvalue weighted by Crippen LogP contribution is -2.31. The lowest BCUT2D eigenvalue weighted by atomic mass is 10.2. The molecule has 0 aliphatic heterocycles. The van der Waals surface area contributed by atoms with Crippen LogP contribution in [-0.2, 0) is 26.1 Å². The molecule has 36 heavy (non-hydrogen) atoms. The number of methoxy groups -OCH3 is 1. The number of nitrogens with zero attached hydrogens (tertiary/aromatic N) is 1. The SMILES string of the molecule is C=CCN(c1ccccc1Cl)S(=O)(=O)c1cccc(C(=O)OCC(=O)NCc2ccccc2OC)c1. The summed E-state index contributed by atoms with van der Waals surface area (Å²) in [6.45, 7) is 3.25. The van der Waals surface area contributed by atoms with E-state index in [1.54, 1.807) is 36.4 Å². The van der Waals surface area contributed by atoms with Crippen LogP contribution < -0.4 is 14.4 Å². The minimum Gasteiger partial charge on any atom is -0.496 e. The zero-order valence-electron chi connectivity index (χ0n) is 19.5. The van der Waals surface area contributed by atoms with E-state index in [-0.39, 0.29) is 34.3 Å². The Morgan fingerprint density at radius 3 is 2.50 bits per heavy atom. The highest BCUT2D eigenvalue weighted by molar-refractivity contribution is 7.92. The molecule has 3 aromatic carbocycles. The average Bonchev–Trinajstić information content (AvgIpc) is 2.89. The normalized spacial score (nSPS) is 10.8. The van der Waals surface area contributed by atoms with Gasteiger partial charge in [0.15, 0.2) is 6.61 Å². The number of carbonyl (C=O) groups is 2. The van der Waals surface area contributed by atoms with Gasteiger partial charge in [-0.2, -0.15) is 0 Å². The fourth-order valence-electron chi connectivity index (χ4n) is 3.32. The molecular formula is C26H25ClN2O6S. The number of esters is 1. The third-order valence-electron chi connectivity index (χ3n) is 5.08. The molecule has 0 saturated carbocycles. The number of amides is 1. The van der Waals surface area contributed by atoms with Gasteiger partial charge in [0.2, 0.25) is 0 Å². The Morgan fingerprint density at radius 1 is 1.06 bits per heavy atom. The van der Waals surface area contributed by atoms with Gasteiger partial charge in [0, 0.05) is 12.1 Å². The predicted molar refractivity (Wildman–Crippen MR) is 138 cm³/mol. The highest BCUT2D eigenvalue weighted by Gasteiger charge is 2.26. The number of ether oxygens (including phenoxy) is 2. The molecule has 1 amide bonds. The summed E-state index contributed by atoms with van der Waals surface area (Å²) in [4.78, 5) is 24.6. The van der Waals surface area contributed by atoms with Crippen molar-refractivity contribution >= 4 is 39.2 Å². The maximum atomic E-state index is 13.4. The van der Waals surface area contributed by atoms with Crippen LogP contribution in [0.2, 0.25) is 5.02 Å². The van der Waals surface area contributed by atoms with Crippen molar-refractivity contribution in [1.29, 1.82) is 0 Å². The van der Waals surface area contributed by atoms with E-state index < -0.39 is 28.5 Å². The van der Waals surface area contributed by atoms with Gasteiger partial charge in [-0.05, 0) is 36.4 Å². The standard InChI is InChI=1S/C26H25ClN2O6S/c1-3-15-29(23-13-6-5-12-22(23)27)36(32,33)21-11-8-10-19(16-21)26(31)35-18-25(30)28-17-20-9-4-7-14-24(20)34-2/h3-14,16H,1,15,17-18H2,2H3,(H,28,30). The van der Waals surface area contributed by atoms with E-state index in [1.165, 1.54) is 37.5 Å². The molecule has 0 fully saturated rings. The van der Waals surface area contributed by atoms with E-state index >= 15 is 0 Å². The number of nitrogens with one attached hydrogen (secondary N) is 1. The topological polar surface area (TPSA) is 102 Å². The maximum Gasteiger partial charge on any atom is 0.338 e. The third kappa shape index (κ3) is 6.44. The zero-order chi connectivity index (χ0) is 26.1. The number of hydrogen-bond donors (Lipinski definition) is 1. The number of anilines is 1. The van der Waals surface area contributed by atoms with Crippen molar-refractivity contribution in [2.75, 3.05) is 24.6 Å². The molecular weight excluding hydrogens is 504 g/mol. The first-order valence-corrected chi connectivity index (χ1v) is 12.6. The molecule has 8 nitrogen and oxygen atoms in total. The third-order valence-corrected chi connectivity index (χ3v) is 7.17. The maximum absolute atomic E-state index is 13.4. The van der Waals surface area contributed by atoms with Gasteiger partial charge in [0.25, 0.3) is 15.9 Å².